The molecule has 0 aliphatic heterocycles. The van der Waals surface area contributed by atoms with E-state index >= 15 is 0 Å². The summed E-state index contributed by atoms with van der Waals surface area (Å²) < 4.78 is 37.2. The van der Waals surface area contributed by atoms with Gasteiger partial charge < -0.3 is 0 Å². The zero-order valence-electron chi connectivity index (χ0n) is 9.48. The van der Waals surface area contributed by atoms with E-state index in [9.17, 15) is 13.2 Å². The minimum absolute atomic E-state index is 0.541. The summed E-state index contributed by atoms with van der Waals surface area (Å²) in [6, 6.07) is 5.63. The van der Waals surface area contributed by atoms with Gasteiger partial charge in [-0.1, -0.05) is 44.4 Å². The molecule has 0 fully saturated rings. The molecule has 0 aliphatic carbocycles. The van der Waals surface area contributed by atoms with Gasteiger partial charge in [-0.25, -0.2) is 0 Å². The number of hydrogen-bond acceptors (Lipinski definition) is 0. The highest BCUT2D eigenvalue weighted by Gasteiger charge is 2.30. The van der Waals surface area contributed by atoms with Crippen LogP contribution in [-0.4, -0.2) is 0 Å². The van der Waals surface area contributed by atoms with Crippen LogP contribution in [0.1, 0.15) is 43.7 Å². The Morgan fingerprint density at radius 3 is 2.44 bits per heavy atom. The van der Waals surface area contributed by atoms with Crippen LogP contribution in [0.2, 0.25) is 0 Å². The van der Waals surface area contributed by atoms with Gasteiger partial charge in [-0.2, -0.15) is 13.2 Å². The first-order valence-electron chi connectivity index (χ1n) is 5.70. The molecule has 1 aromatic carbocycles. The van der Waals surface area contributed by atoms with E-state index in [4.69, 9.17) is 0 Å². The van der Waals surface area contributed by atoms with E-state index in [0.29, 0.717) is 0 Å². The van der Waals surface area contributed by atoms with Crippen LogP contribution >= 0.6 is 0 Å². The molecule has 16 heavy (non-hydrogen) atoms. The normalized spacial score (nSPS) is 11.8. The molecular formula is C13H17F3. The maximum atomic E-state index is 12.4. The topological polar surface area (TPSA) is 0 Å². The van der Waals surface area contributed by atoms with Gasteiger partial charge in [0, 0.05) is 0 Å². The molecule has 0 heterocycles. The third kappa shape index (κ3) is 4.25. The SMILES string of the molecule is CCCCCCc1cccc(C(F)(F)F)c1. The van der Waals surface area contributed by atoms with Crippen LogP contribution < -0.4 is 0 Å². The predicted octanol–water partition coefficient (Wildman–Crippen LogP) is 4.83. The lowest BCUT2D eigenvalue weighted by Gasteiger charge is -2.08. The fraction of sp³-hybridized carbons (Fsp3) is 0.538. The van der Waals surface area contributed by atoms with Crippen molar-refractivity contribution in [3.8, 4) is 0 Å². The molecule has 0 saturated heterocycles. The Balaban J connectivity index is 2.54. The Kier molecular flexibility index (Phi) is 4.84. The lowest BCUT2D eigenvalue weighted by Crippen LogP contribution is -2.05. The van der Waals surface area contributed by atoms with Crippen LogP contribution in [0.15, 0.2) is 24.3 Å². The Morgan fingerprint density at radius 1 is 1.06 bits per heavy atom. The van der Waals surface area contributed by atoms with Crippen LogP contribution in [0.3, 0.4) is 0 Å². The summed E-state index contributed by atoms with van der Waals surface area (Å²) in [7, 11) is 0. The lowest BCUT2D eigenvalue weighted by atomic mass is 10.0. The number of halogens is 3. The van der Waals surface area contributed by atoms with E-state index in [1.807, 2.05) is 0 Å². The van der Waals surface area contributed by atoms with Gasteiger partial charge in [0.1, 0.15) is 0 Å². The smallest absolute Gasteiger partial charge is 0.166 e. The first kappa shape index (κ1) is 13.1. The summed E-state index contributed by atoms with van der Waals surface area (Å²) in [6.45, 7) is 2.12. The van der Waals surface area contributed by atoms with Crippen LogP contribution in [0.25, 0.3) is 0 Å². The summed E-state index contributed by atoms with van der Waals surface area (Å²) in [5.74, 6) is 0. The van der Waals surface area contributed by atoms with E-state index in [1.165, 1.54) is 12.1 Å². The van der Waals surface area contributed by atoms with Gasteiger partial charge in [0.25, 0.3) is 0 Å². The third-order valence-electron chi connectivity index (χ3n) is 2.57. The largest absolute Gasteiger partial charge is 0.416 e. The van der Waals surface area contributed by atoms with E-state index in [-0.39, 0.29) is 0 Å². The molecule has 0 nitrogen and oxygen atoms in total. The molecular weight excluding hydrogens is 213 g/mol. The summed E-state index contributed by atoms with van der Waals surface area (Å²) >= 11 is 0. The maximum absolute atomic E-state index is 12.4. The van der Waals surface area contributed by atoms with Crippen molar-refractivity contribution in [2.45, 2.75) is 45.2 Å². The van der Waals surface area contributed by atoms with Gasteiger partial charge in [-0.05, 0) is 24.5 Å². The number of aryl methyl sites for hydroxylation is 1. The molecule has 3 heteroatoms. The monoisotopic (exact) mass is 230 g/mol. The minimum atomic E-state index is -4.22. The van der Waals surface area contributed by atoms with E-state index in [2.05, 4.69) is 6.92 Å². The molecule has 0 unspecified atom stereocenters. The molecule has 0 spiro atoms. The second-order valence-electron chi connectivity index (χ2n) is 4.01. The summed E-state index contributed by atoms with van der Waals surface area (Å²) in [6.07, 6.45) is 0.868. The molecule has 0 N–H and O–H groups in total. The summed E-state index contributed by atoms with van der Waals surface area (Å²) in [4.78, 5) is 0. The second kappa shape index (κ2) is 5.92. The van der Waals surface area contributed by atoms with Crippen LogP contribution in [0.4, 0.5) is 13.2 Å². The van der Waals surface area contributed by atoms with Crippen LogP contribution in [-0.2, 0) is 12.6 Å². The molecule has 0 aliphatic rings. The van der Waals surface area contributed by atoms with Crippen molar-refractivity contribution >= 4 is 0 Å². The van der Waals surface area contributed by atoms with Crippen molar-refractivity contribution in [2.75, 3.05) is 0 Å². The third-order valence-corrected chi connectivity index (χ3v) is 2.57. The fourth-order valence-electron chi connectivity index (χ4n) is 1.66. The molecule has 0 saturated carbocycles. The lowest BCUT2D eigenvalue weighted by molar-refractivity contribution is -0.137. The van der Waals surface area contributed by atoms with E-state index < -0.39 is 11.7 Å². The number of rotatable bonds is 5. The Labute approximate surface area is 94.5 Å². The molecule has 0 bridgehead atoms. The van der Waals surface area contributed by atoms with Crippen molar-refractivity contribution in [2.24, 2.45) is 0 Å². The highest BCUT2D eigenvalue weighted by molar-refractivity contribution is 5.25. The number of benzene rings is 1. The van der Waals surface area contributed by atoms with Crippen molar-refractivity contribution in [3.05, 3.63) is 35.4 Å². The van der Waals surface area contributed by atoms with Crippen molar-refractivity contribution in [1.82, 2.24) is 0 Å². The first-order chi connectivity index (χ1) is 7.54. The van der Waals surface area contributed by atoms with Gasteiger partial charge in [0.05, 0.1) is 5.56 Å². The predicted molar refractivity (Wildman–Crippen MR) is 59.3 cm³/mol. The standard InChI is InChI=1S/C13H17F3/c1-2-3-4-5-7-11-8-6-9-12(10-11)13(14,15)16/h6,8-10H,2-5,7H2,1H3. The molecule has 1 aromatic rings. The summed E-state index contributed by atoms with van der Waals surface area (Å²) in [5.41, 5.74) is 0.242. The average molecular weight is 230 g/mol. The highest BCUT2D eigenvalue weighted by Crippen LogP contribution is 2.29. The fourth-order valence-corrected chi connectivity index (χ4v) is 1.66. The zero-order chi connectivity index (χ0) is 12.0. The highest BCUT2D eigenvalue weighted by atomic mass is 19.4. The van der Waals surface area contributed by atoms with Gasteiger partial charge >= 0.3 is 6.18 Å². The molecule has 1 rings (SSSR count). The molecule has 0 aromatic heterocycles. The van der Waals surface area contributed by atoms with Gasteiger partial charge in [-0.3, -0.25) is 0 Å². The average Bonchev–Trinajstić information content (AvgIpc) is 2.24. The van der Waals surface area contributed by atoms with Crippen LogP contribution in [0, 0.1) is 0 Å². The van der Waals surface area contributed by atoms with Crippen molar-refractivity contribution in [3.63, 3.8) is 0 Å². The molecule has 0 amide bonds. The van der Waals surface area contributed by atoms with Crippen molar-refractivity contribution < 1.29 is 13.2 Å². The quantitative estimate of drug-likeness (QED) is 0.635. The van der Waals surface area contributed by atoms with Gasteiger partial charge in [0.2, 0.25) is 0 Å². The number of alkyl halides is 3. The van der Waals surface area contributed by atoms with Gasteiger partial charge in [0.15, 0.2) is 0 Å². The Bertz CT molecular complexity index is 315. The first-order valence-corrected chi connectivity index (χ1v) is 5.70. The minimum Gasteiger partial charge on any atom is -0.166 e. The van der Waals surface area contributed by atoms with E-state index in [1.54, 1.807) is 6.07 Å². The molecule has 0 radical (unpaired) electrons. The Hall–Kier alpha value is -0.990. The molecule has 0 atom stereocenters. The molecule has 90 valence electrons. The second-order valence-corrected chi connectivity index (χ2v) is 4.01. The van der Waals surface area contributed by atoms with Gasteiger partial charge in [-0.15, -0.1) is 0 Å². The zero-order valence-corrected chi connectivity index (χ0v) is 9.48. The number of hydrogen-bond donors (Lipinski definition) is 0. The van der Waals surface area contributed by atoms with Crippen LogP contribution in [0.5, 0.6) is 0 Å². The summed E-state index contributed by atoms with van der Waals surface area (Å²) in [5, 5.41) is 0. The maximum Gasteiger partial charge on any atom is 0.416 e. The van der Waals surface area contributed by atoms with Crippen molar-refractivity contribution in [1.29, 1.82) is 0 Å². The number of unbranched alkanes of at least 4 members (excludes halogenated alkanes) is 3. The Morgan fingerprint density at radius 2 is 1.81 bits per heavy atom. The van der Waals surface area contributed by atoms with E-state index in [0.717, 1.165) is 43.7 Å².